The first-order valence-electron chi connectivity index (χ1n) is 4.62. The largest absolute Gasteiger partial charge is 0.496 e. The normalized spacial score (nSPS) is 10.5. The Kier molecular flexibility index (Phi) is 2.12. The number of hydrogen-bond donors (Lipinski definition) is 0. The number of aromatic nitrogens is 1. The molecule has 0 radical (unpaired) electrons. The lowest BCUT2D eigenvalue weighted by atomic mass is 10.0. The van der Waals surface area contributed by atoms with Crippen LogP contribution in [0.1, 0.15) is 11.1 Å². The van der Waals surface area contributed by atoms with Crippen LogP contribution in [-0.2, 0) is 0 Å². The first-order chi connectivity index (χ1) is 6.74. The molecule has 0 amide bonds. The summed E-state index contributed by atoms with van der Waals surface area (Å²) < 4.78 is 5.36. The van der Waals surface area contributed by atoms with Crippen molar-refractivity contribution in [3.63, 3.8) is 0 Å². The number of aryl methyl sites for hydroxylation is 2. The number of rotatable bonds is 1. The molecule has 0 aliphatic heterocycles. The van der Waals surface area contributed by atoms with Gasteiger partial charge in [0, 0.05) is 17.8 Å². The van der Waals surface area contributed by atoms with Crippen molar-refractivity contribution < 1.29 is 4.74 Å². The van der Waals surface area contributed by atoms with Crippen molar-refractivity contribution >= 4 is 10.8 Å². The van der Waals surface area contributed by atoms with E-state index in [1.807, 2.05) is 18.5 Å². The van der Waals surface area contributed by atoms with Gasteiger partial charge in [-0.2, -0.15) is 0 Å². The molecular formula is C12H13NO. The molecule has 0 aliphatic rings. The SMILES string of the molecule is COc1c(C)cc2cnccc2c1C. The highest BCUT2D eigenvalue weighted by Crippen LogP contribution is 2.30. The number of ether oxygens (including phenoxy) is 1. The Hall–Kier alpha value is -1.57. The minimum absolute atomic E-state index is 0.976. The number of methoxy groups -OCH3 is 1. The predicted molar refractivity (Wildman–Crippen MR) is 57.8 cm³/mol. The lowest BCUT2D eigenvalue weighted by Gasteiger charge is -2.11. The molecule has 0 saturated heterocycles. The molecule has 0 fully saturated rings. The van der Waals surface area contributed by atoms with Crippen LogP contribution in [0.5, 0.6) is 5.75 Å². The van der Waals surface area contributed by atoms with E-state index in [0.29, 0.717) is 0 Å². The van der Waals surface area contributed by atoms with Gasteiger partial charge in [-0.3, -0.25) is 4.98 Å². The Morgan fingerprint density at radius 1 is 1.29 bits per heavy atom. The monoisotopic (exact) mass is 187 g/mol. The second-order valence-electron chi connectivity index (χ2n) is 3.45. The fourth-order valence-corrected chi connectivity index (χ4v) is 1.89. The summed E-state index contributed by atoms with van der Waals surface area (Å²) in [6.07, 6.45) is 3.69. The lowest BCUT2D eigenvalue weighted by Crippen LogP contribution is -1.92. The smallest absolute Gasteiger partial charge is 0.125 e. The molecule has 0 N–H and O–H groups in total. The van der Waals surface area contributed by atoms with Gasteiger partial charge in [0.05, 0.1) is 7.11 Å². The highest BCUT2D eigenvalue weighted by atomic mass is 16.5. The summed E-state index contributed by atoms with van der Waals surface area (Å²) in [5, 5.41) is 2.38. The third-order valence-electron chi connectivity index (χ3n) is 2.53. The van der Waals surface area contributed by atoms with Crippen LogP contribution in [0.3, 0.4) is 0 Å². The molecule has 0 spiro atoms. The summed E-state index contributed by atoms with van der Waals surface area (Å²) >= 11 is 0. The molecule has 0 saturated carbocycles. The van der Waals surface area contributed by atoms with Crippen LogP contribution in [0.4, 0.5) is 0 Å². The maximum Gasteiger partial charge on any atom is 0.125 e. The number of fused-ring (bicyclic) bond motifs is 1. The molecule has 0 atom stereocenters. The van der Waals surface area contributed by atoms with Crippen molar-refractivity contribution in [1.82, 2.24) is 4.98 Å². The molecule has 2 nitrogen and oxygen atoms in total. The molecule has 2 rings (SSSR count). The summed E-state index contributed by atoms with van der Waals surface area (Å²) in [7, 11) is 1.71. The van der Waals surface area contributed by atoms with E-state index in [1.54, 1.807) is 7.11 Å². The minimum atomic E-state index is 0.976. The van der Waals surface area contributed by atoms with Crippen molar-refractivity contribution in [3.8, 4) is 5.75 Å². The average molecular weight is 187 g/mol. The molecule has 2 aromatic rings. The van der Waals surface area contributed by atoms with Crippen molar-refractivity contribution in [2.24, 2.45) is 0 Å². The summed E-state index contributed by atoms with van der Waals surface area (Å²) in [5.74, 6) is 0.976. The lowest BCUT2D eigenvalue weighted by molar-refractivity contribution is 0.409. The van der Waals surface area contributed by atoms with E-state index < -0.39 is 0 Å². The number of benzene rings is 1. The molecule has 1 aromatic heterocycles. The van der Waals surface area contributed by atoms with Gasteiger partial charge in [-0.15, -0.1) is 0 Å². The quantitative estimate of drug-likeness (QED) is 0.684. The average Bonchev–Trinajstić information content (AvgIpc) is 2.18. The van der Waals surface area contributed by atoms with Gasteiger partial charge in [-0.25, -0.2) is 0 Å². The zero-order valence-corrected chi connectivity index (χ0v) is 8.66. The van der Waals surface area contributed by atoms with Gasteiger partial charge in [0.25, 0.3) is 0 Å². The molecule has 0 aliphatic carbocycles. The predicted octanol–water partition coefficient (Wildman–Crippen LogP) is 2.86. The summed E-state index contributed by atoms with van der Waals surface area (Å²) in [4.78, 5) is 4.11. The Bertz CT molecular complexity index is 477. The van der Waals surface area contributed by atoms with E-state index in [2.05, 4.69) is 24.9 Å². The van der Waals surface area contributed by atoms with Crippen LogP contribution in [0.2, 0.25) is 0 Å². The van der Waals surface area contributed by atoms with Crippen LogP contribution in [0, 0.1) is 13.8 Å². The third kappa shape index (κ3) is 1.23. The van der Waals surface area contributed by atoms with E-state index in [-0.39, 0.29) is 0 Å². The highest BCUT2D eigenvalue weighted by molar-refractivity contribution is 5.87. The van der Waals surface area contributed by atoms with Gasteiger partial charge < -0.3 is 4.74 Å². The van der Waals surface area contributed by atoms with Crippen LogP contribution in [-0.4, -0.2) is 12.1 Å². The molecule has 0 unspecified atom stereocenters. The van der Waals surface area contributed by atoms with Crippen molar-refractivity contribution in [1.29, 1.82) is 0 Å². The third-order valence-corrected chi connectivity index (χ3v) is 2.53. The van der Waals surface area contributed by atoms with E-state index >= 15 is 0 Å². The van der Waals surface area contributed by atoms with Gasteiger partial charge in [0.2, 0.25) is 0 Å². The molecule has 2 heteroatoms. The maximum absolute atomic E-state index is 5.36. The maximum atomic E-state index is 5.36. The molecule has 1 heterocycles. The van der Waals surface area contributed by atoms with E-state index in [0.717, 1.165) is 11.3 Å². The summed E-state index contributed by atoms with van der Waals surface area (Å²) in [5.41, 5.74) is 2.34. The van der Waals surface area contributed by atoms with Crippen molar-refractivity contribution in [2.45, 2.75) is 13.8 Å². The fourth-order valence-electron chi connectivity index (χ4n) is 1.89. The molecule has 14 heavy (non-hydrogen) atoms. The first kappa shape index (κ1) is 9.00. The van der Waals surface area contributed by atoms with Crippen LogP contribution in [0.15, 0.2) is 24.5 Å². The van der Waals surface area contributed by atoms with Crippen LogP contribution < -0.4 is 4.74 Å². The minimum Gasteiger partial charge on any atom is -0.496 e. The second kappa shape index (κ2) is 3.29. The zero-order valence-electron chi connectivity index (χ0n) is 8.66. The van der Waals surface area contributed by atoms with Crippen LogP contribution >= 0.6 is 0 Å². The molecular weight excluding hydrogens is 174 g/mol. The van der Waals surface area contributed by atoms with Crippen molar-refractivity contribution in [3.05, 3.63) is 35.7 Å². The van der Waals surface area contributed by atoms with Gasteiger partial charge in [0.1, 0.15) is 5.75 Å². The first-order valence-corrected chi connectivity index (χ1v) is 4.62. The summed E-state index contributed by atoms with van der Waals surface area (Å²) in [6.45, 7) is 4.13. The number of hydrogen-bond acceptors (Lipinski definition) is 2. The molecule has 72 valence electrons. The van der Waals surface area contributed by atoms with Crippen LogP contribution in [0.25, 0.3) is 10.8 Å². The zero-order chi connectivity index (χ0) is 10.1. The molecule has 1 aromatic carbocycles. The molecule has 0 bridgehead atoms. The van der Waals surface area contributed by atoms with Gasteiger partial charge in [0.15, 0.2) is 0 Å². The Labute approximate surface area is 83.5 Å². The van der Waals surface area contributed by atoms with Gasteiger partial charge in [-0.1, -0.05) is 0 Å². The van der Waals surface area contributed by atoms with E-state index in [9.17, 15) is 0 Å². The van der Waals surface area contributed by atoms with E-state index in [1.165, 1.54) is 16.3 Å². The van der Waals surface area contributed by atoms with E-state index in [4.69, 9.17) is 4.74 Å². The Morgan fingerprint density at radius 2 is 2.07 bits per heavy atom. The Morgan fingerprint density at radius 3 is 2.79 bits per heavy atom. The standard InChI is InChI=1S/C12H13NO/c1-8-6-10-7-13-5-4-11(10)9(2)12(8)14-3/h4-7H,1-3H3. The van der Waals surface area contributed by atoms with Gasteiger partial charge >= 0.3 is 0 Å². The second-order valence-corrected chi connectivity index (χ2v) is 3.45. The summed E-state index contributed by atoms with van der Waals surface area (Å²) in [6, 6.07) is 4.13. The number of nitrogens with zero attached hydrogens (tertiary/aromatic N) is 1. The van der Waals surface area contributed by atoms with Gasteiger partial charge in [-0.05, 0) is 42.5 Å². The topological polar surface area (TPSA) is 22.1 Å². The Balaban J connectivity index is 2.86. The fraction of sp³-hybridized carbons (Fsp3) is 0.250. The number of pyridine rings is 1. The highest BCUT2D eigenvalue weighted by Gasteiger charge is 2.06. The van der Waals surface area contributed by atoms with Crippen molar-refractivity contribution in [2.75, 3.05) is 7.11 Å².